The van der Waals surface area contributed by atoms with Crippen LogP contribution in [-0.4, -0.2) is 51.0 Å². The zero-order valence-electron chi connectivity index (χ0n) is 11.5. The smallest absolute Gasteiger partial charge is 0.248 e. The van der Waals surface area contributed by atoms with Crippen molar-refractivity contribution < 1.29 is 14.3 Å². The van der Waals surface area contributed by atoms with Gasteiger partial charge in [-0.3, -0.25) is 4.79 Å². The van der Waals surface area contributed by atoms with Gasteiger partial charge in [-0.15, -0.1) is 0 Å². The first-order valence-electron chi connectivity index (χ1n) is 6.95. The molecular weight excluding hydrogens is 232 g/mol. The van der Waals surface area contributed by atoms with Gasteiger partial charge in [0, 0.05) is 19.6 Å². The first-order chi connectivity index (χ1) is 8.74. The second kappa shape index (κ2) is 9.30. The van der Waals surface area contributed by atoms with Crippen LogP contribution in [0.1, 0.15) is 33.1 Å². The molecular formula is C13H26N2O3. The summed E-state index contributed by atoms with van der Waals surface area (Å²) >= 11 is 0. The predicted octanol–water partition coefficient (Wildman–Crippen LogP) is 0.686. The number of hydrogen-bond donors (Lipinski definition) is 2. The molecule has 5 nitrogen and oxygen atoms in total. The lowest BCUT2D eigenvalue weighted by molar-refractivity contribution is -0.135. The van der Waals surface area contributed by atoms with Gasteiger partial charge >= 0.3 is 0 Å². The monoisotopic (exact) mass is 258 g/mol. The molecule has 2 N–H and O–H groups in total. The Balaban J connectivity index is 2.07. The Bertz CT molecular complexity index is 230. The minimum absolute atomic E-state index is 0.0325. The maximum atomic E-state index is 11.7. The summed E-state index contributed by atoms with van der Waals surface area (Å²) in [5, 5.41) is 6.12. The highest BCUT2D eigenvalue weighted by atomic mass is 16.5. The molecule has 1 aliphatic rings. The number of carbonyl (C=O) groups excluding carboxylic acids is 1. The predicted molar refractivity (Wildman–Crippen MR) is 70.6 cm³/mol. The van der Waals surface area contributed by atoms with Crippen molar-refractivity contribution in [3.05, 3.63) is 0 Å². The maximum Gasteiger partial charge on any atom is 0.248 e. The van der Waals surface area contributed by atoms with Crippen LogP contribution in [0.3, 0.4) is 0 Å². The molecule has 0 bridgehead atoms. The largest absolute Gasteiger partial charge is 0.373 e. The van der Waals surface area contributed by atoms with Gasteiger partial charge in [0.1, 0.15) is 6.10 Å². The quantitative estimate of drug-likeness (QED) is 0.629. The minimum atomic E-state index is -0.405. The van der Waals surface area contributed by atoms with Crippen LogP contribution in [0.2, 0.25) is 0 Å². The summed E-state index contributed by atoms with van der Waals surface area (Å²) < 4.78 is 11.0. The highest BCUT2D eigenvalue weighted by molar-refractivity contribution is 5.80. The normalized spacial score (nSPS) is 21.6. The molecule has 0 spiro atoms. The standard InChI is InChI=1S/C13H26N2O3/c1-3-4-5-6-15-13(16)11(2)18-10-12-9-14-7-8-17-12/h11-12,14H,3-10H2,1-2H3,(H,15,16). The molecule has 1 fully saturated rings. The second-order valence-corrected chi connectivity index (χ2v) is 4.67. The summed E-state index contributed by atoms with van der Waals surface area (Å²) in [4.78, 5) is 11.7. The lowest BCUT2D eigenvalue weighted by Crippen LogP contribution is -2.43. The van der Waals surface area contributed by atoms with Gasteiger partial charge < -0.3 is 20.1 Å². The lowest BCUT2D eigenvalue weighted by Gasteiger charge is -2.24. The van der Waals surface area contributed by atoms with Gasteiger partial charge in [0.05, 0.1) is 19.3 Å². The molecule has 5 heteroatoms. The van der Waals surface area contributed by atoms with E-state index < -0.39 is 6.10 Å². The number of hydrogen-bond acceptors (Lipinski definition) is 4. The Kier molecular flexibility index (Phi) is 7.96. The van der Waals surface area contributed by atoms with Gasteiger partial charge in [-0.2, -0.15) is 0 Å². The van der Waals surface area contributed by atoms with Crippen LogP contribution in [0.25, 0.3) is 0 Å². The summed E-state index contributed by atoms with van der Waals surface area (Å²) in [6.07, 6.45) is 3.00. The molecule has 18 heavy (non-hydrogen) atoms. The van der Waals surface area contributed by atoms with Crippen molar-refractivity contribution >= 4 is 5.91 Å². The number of amides is 1. The van der Waals surface area contributed by atoms with E-state index in [0.717, 1.165) is 38.9 Å². The Hall–Kier alpha value is -0.650. The molecule has 0 aromatic carbocycles. The maximum absolute atomic E-state index is 11.7. The molecule has 1 aliphatic heterocycles. The minimum Gasteiger partial charge on any atom is -0.373 e. The fraction of sp³-hybridized carbons (Fsp3) is 0.923. The number of morpholine rings is 1. The second-order valence-electron chi connectivity index (χ2n) is 4.67. The Morgan fingerprint density at radius 1 is 1.56 bits per heavy atom. The molecule has 1 amide bonds. The molecule has 1 heterocycles. The van der Waals surface area contributed by atoms with Crippen molar-refractivity contribution in [2.24, 2.45) is 0 Å². The van der Waals surface area contributed by atoms with Crippen molar-refractivity contribution in [2.75, 3.05) is 32.8 Å². The first kappa shape index (κ1) is 15.4. The van der Waals surface area contributed by atoms with Gasteiger partial charge in [-0.05, 0) is 13.3 Å². The third-order valence-corrected chi connectivity index (χ3v) is 2.99. The Morgan fingerprint density at radius 3 is 3.06 bits per heavy atom. The highest BCUT2D eigenvalue weighted by Crippen LogP contribution is 2.00. The molecule has 0 aromatic rings. The summed E-state index contributed by atoms with van der Waals surface area (Å²) in [6.45, 7) is 7.54. The van der Waals surface area contributed by atoms with Crippen LogP contribution in [0.15, 0.2) is 0 Å². The fourth-order valence-corrected chi connectivity index (χ4v) is 1.78. The molecule has 0 aliphatic carbocycles. The number of carbonyl (C=O) groups is 1. The van der Waals surface area contributed by atoms with Gasteiger partial charge in [0.25, 0.3) is 0 Å². The van der Waals surface area contributed by atoms with Crippen LogP contribution in [0.5, 0.6) is 0 Å². The van der Waals surface area contributed by atoms with Crippen molar-refractivity contribution in [3.8, 4) is 0 Å². The zero-order chi connectivity index (χ0) is 13.2. The van der Waals surface area contributed by atoms with E-state index in [0.29, 0.717) is 13.2 Å². The van der Waals surface area contributed by atoms with Crippen molar-refractivity contribution in [1.82, 2.24) is 10.6 Å². The third-order valence-electron chi connectivity index (χ3n) is 2.99. The average molecular weight is 258 g/mol. The SMILES string of the molecule is CCCCCNC(=O)C(C)OCC1CNCCO1. The van der Waals surface area contributed by atoms with Crippen molar-refractivity contribution in [3.63, 3.8) is 0 Å². The molecule has 106 valence electrons. The summed E-state index contributed by atoms with van der Waals surface area (Å²) in [5.41, 5.74) is 0. The van der Waals surface area contributed by atoms with Crippen LogP contribution < -0.4 is 10.6 Å². The van der Waals surface area contributed by atoms with Crippen LogP contribution in [0, 0.1) is 0 Å². The topological polar surface area (TPSA) is 59.6 Å². The molecule has 0 aromatic heterocycles. The lowest BCUT2D eigenvalue weighted by atomic mass is 10.2. The average Bonchev–Trinajstić information content (AvgIpc) is 2.42. The Labute approximate surface area is 110 Å². The van der Waals surface area contributed by atoms with E-state index in [9.17, 15) is 4.79 Å². The van der Waals surface area contributed by atoms with E-state index in [1.807, 2.05) is 0 Å². The van der Waals surface area contributed by atoms with E-state index in [-0.39, 0.29) is 12.0 Å². The molecule has 0 radical (unpaired) electrons. The number of unbranched alkanes of at least 4 members (excludes halogenated alkanes) is 2. The third kappa shape index (κ3) is 6.33. The van der Waals surface area contributed by atoms with Gasteiger partial charge in [0.15, 0.2) is 0 Å². The summed E-state index contributed by atoms with van der Waals surface area (Å²) in [5.74, 6) is -0.0325. The van der Waals surface area contributed by atoms with E-state index >= 15 is 0 Å². The molecule has 0 saturated carbocycles. The van der Waals surface area contributed by atoms with Crippen LogP contribution in [-0.2, 0) is 14.3 Å². The van der Waals surface area contributed by atoms with Crippen molar-refractivity contribution in [1.29, 1.82) is 0 Å². The van der Waals surface area contributed by atoms with Crippen LogP contribution in [0.4, 0.5) is 0 Å². The molecule has 1 saturated heterocycles. The summed E-state index contributed by atoms with van der Waals surface area (Å²) in [6, 6.07) is 0. The number of nitrogens with one attached hydrogen (secondary N) is 2. The molecule has 1 rings (SSSR count). The van der Waals surface area contributed by atoms with Gasteiger partial charge in [-0.1, -0.05) is 19.8 Å². The van der Waals surface area contributed by atoms with E-state index in [4.69, 9.17) is 9.47 Å². The Morgan fingerprint density at radius 2 is 2.39 bits per heavy atom. The van der Waals surface area contributed by atoms with E-state index in [2.05, 4.69) is 17.6 Å². The van der Waals surface area contributed by atoms with Crippen molar-refractivity contribution in [2.45, 2.75) is 45.3 Å². The summed E-state index contributed by atoms with van der Waals surface area (Å²) in [7, 11) is 0. The van der Waals surface area contributed by atoms with Gasteiger partial charge in [-0.25, -0.2) is 0 Å². The van der Waals surface area contributed by atoms with Gasteiger partial charge in [0.2, 0.25) is 5.91 Å². The number of rotatable bonds is 8. The molecule has 2 unspecified atom stereocenters. The first-order valence-corrected chi connectivity index (χ1v) is 6.95. The molecule has 2 atom stereocenters. The van der Waals surface area contributed by atoms with Crippen LogP contribution >= 0.6 is 0 Å². The number of ether oxygens (including phenoxy) is 2. The van der Waals surface area contributed by atoms with E-state index in [1.165, 1.54) is 0 Å². The fourth-order valence-electron chi connectivity index (χ4n) is 1.78. The zero-order valence-corrected chi connectivity index (χ0v) is 11.5. The van der Waals surface area contributed by atoms with E-state index in [1.54, 1.807) is 6.92 Å². The highest BCUT2D eigenvalue weighted by Gasteiger charge is 2.18.